The van der Waals surface area contributed by atoms with Crippen LogP contribution < -0.4 is 5.73 Å². The molecule has 1 aliphatic rings. The van der Waals surface area contributed by atoms with Gasteiger partial charge in [-0.2, -0.15) is 0 Å². The highest BCUT2D eigenvalue weighted by atomic mass is 15.3. The molecule has 98 valence electrons. The maximum Gasteiger partial charge on any atom is 0.164 e. The summed E-state index contributed by atoms with van der Waals surface area (Å²) in [6, 6.07) is 16.2. The number of hydrogen-bond acceptors (Lipinski definition) is 3. The molecule has 20 heavy (non-hydrogen) atoms. The summed E-state index contributed by atoms with van der Waals surface area (Å²) in [5.41, 5.74) is 10.1. The maximum atomic E-state index is 5.86. The lowest BCUT2D eigenvalue weighted by Crippen LogP contribution is -2.12. The first-order valence-electron chi connectivity index (χ1n) is 6.70. The Kier molecular flexibility index (Phi) is 2.36. The molecule has 2 heterocycles. The molecule has 0 saturated carbocycles. The van der Waals surface area contributed by atoms with Crippen molar-refractivity contribution >= 4 is 5.69 Å². The van der Waals surface area contributed by atoms with Crippen LogP contribution >= 0.6 is 0 Å². The van der Waals surface area contributed by atoms with Gasteiger partial charge in [-0.1, -0.05) is 36.4 Å². The van der Waals surface area contributed by atoms with Crippen molar-refractivity contribution in [3.63, 3.8) is 0 Å². The Morgan fingerprint density at radius 1 is 0.950 bits per heavy atom. The SMILES string of the molecule is Nc1cccc(-c2nnc3n2CCc2ccccc2-3)c1. The van der Waals surface area contributed by atoms with Crippen LogP contribution in [0, 0.1) is 0 Å². The standard InChI is InChI=1S/C16H14N4/c17-13-6-3-5-12(10-13)15-18-19-16-14-7-2-1-4-11(14)8-9-20(15)16/h1-7,10H,8-9,17H2. The van der Waals surface area contributed by atoms with Gasteiger partial charge in [-0.3, -0.25) is 0 Å². The van der Waals surface area contributed by atoms with Crippen LogP contribution in [0.15, 0.2) is 48.5 Å². The lowest BCUT2D eigenvalue weighted by Gasteiger charge is -2.18. The molecule has 2 aromatic carbocycles. The van der Waals surface area contributed by atoms with E-state index in [9.17, 15) is 0 Å². The smallest absolute Gasteiger partial charge is 0.164 e. The summed E-state index contributed by atoms with van der Waals surface area (Å²) in [4.78, 5) is 0. The highest BCUT2D eigenvalue weighted by Crippen LogP contribution is 2.31. The lowest BCUT2D eigenvalue weighted by molar-refractivity contribution is 0.688. The second-order valence-electron chi connectivity index (χ2n) is 5.03. The molecular weight excluding hydrogens is 248 g/mol. The van der Waals surface area contributed by atoms with Crippen LogP contribution in [-0.4, -0.2) is 14.8 Å². The van der Waals surface area contributed by atoms with Crippen LogP contribution in [0.4, 0.5) is 5.69 Å². The number of aromatic nitrogens is 3. The van der Waals surface area contributed by atoms with Crippen molar-refractivity contribution in [2.24, 2.45) is 0 Å². The molecular formula is C16H14N4. The zero-order chi connectivity index (χ0) is 13.5. The second-order valence-corrected chi connectivity index (χ2v) is 5.03. The Morgan fingerprint density at radius 3 is 2.70 bits per heavy atom. The largest absolute Gasteiger partial charge is 0.399 e. The summed E-state index contributed by atoms with van der Waals surface area (Å²) in [7, 11) is 0. The van der Waals surface area contributed by atoms with E-state index in [1.54, 1.807) is 0 Å². The van der Waals surface area contributed by atoms with E-state index in [1.807, 2.05) is 30.3 Å². The van der Waals surface area contributed by atoms with Crippen LogP contribution in [0.1, 0.15) is 5.56 Å². The molecule has 0 aliphatic carbocycles. The molecule has 4 nitrogen and oxygen atoms in total. The van der Waals surface area contributed by atoms with E-state index in [4.69, 9.17) is 5.73 Å². The zero-order valence-corrected chi connectivity index (χ0v) is 11.0. The number of nitrogen functional groups attached to an aromatic ring is 1. The van der Waals surface area contributed by atoms with E-state index in [1.165, 1.54) is 11.1 Å². The molecule has 2 N–H and O–H groups in total. The number of anilines is 1. The third-order valence-corrected chi connectivity index (χ3v) is 3.76. The van der Waals surface area contributed by atoms with Crippen molar-refractivity contribution < 1.29 is 0 Å². The van der Waals surface area contributed by atoms with Gasteiger partial charge >= 0.3 is 0 Å². The minimum atomic E-state index is 0.746. The molecule has 0 unspecified atom stereocenters. The number of hydrogen-bond donors (Lipinski definition) is 1. The minimum Gasteiger partial charge on any atom is -0.399 e. The molecule has 0 atom stereocenters. The Morgan fingerprint density at radius 2 is 1.80 bits per heavy atom. The van der Waals surface area contributed by atoms with E-state index in [0.717, 1.165) is 35.9 Å². The molecule has 0 amide bonds. The van der Waals surface area contributed by atoms with Gasteiger partial charge in [0.05, 0.1) is 0 Å². The molecule has 1 aliphatic heterocycles. The van der Waals surface area contributed by atoms with Gasteiger partial charge in [0.15, 0.2) is 11.6 Å². The summed E-state index contributed by atoms with van der Waals surface area (Å²) < 4.78 is 2.18. The van der Waals surface area contributed by atoms with Crippen LogP contribution in [0.5, 0.6) is 0 Å². The zero-order valence-electron chi connectivity index (χ0n) is 11.0. The average Bonchev–Trinajstić information content (AvgIpc) is 2.91. The van der Waals surface area contributed by atoms with E-state index < -0.39 is 0 Å². The van der Waals surface area contributed by atoms with Crippen molar-refractivity contribution in [1.82, 2.24) is 14.8 Å². The van der Waals surface area contributed by atoms with Crippen molar-refractivity contribution in [3.05, 3.63) is 54.1 Å². The Balaban J connectivity index is 1.90. The van der Waals surface area contributed by atoms with Gasteiger partial charge in [-0.05, 0) is 24.1 Å². The van der Waals surface area contributed by atoms with Crippen LogP contribution in [0.3, 0.4) is 0 Å². The highest BCUT2D eigenvalue weighted by Gasteiger charge is 2.21. The number of aryl methyl sites for hydroxylation is 1. The second kappa shape index (κ2) is 4.20. The van der Waals surface area contributed by atoms with Gasteiger partial charge < -0.3 is 10.3 Å². The number of benzene rings is 2. The lowest BCUT2D eigenvalue weighted by atomic mass is 10.0. The van der Waals surface area contributed by atoms with E-state index in [0.29, 0.717) is 0 Å². The minimum absolute atomic E-state index is 0.746. The van der Waals surface area contributed by atoms with Crippen LogP contribution in [-0.2, 0) is 13.0 Å². The van der Waals surface area contributed by atoms with Crippen LogP contribution in [0.2, 0.25) is 0 Å². The molecule has 0 saturated heterocycles. The summed E-state index contributed by atoms with van der Waals surface area (Å²) in [5, 5.41) is 8.74. The van der Waals surface area contributed by atoms with E-state index >= 15 is 0 Å². The summed E-state index contributed by atoms with van der Waals surface area (Å²) in [5.74, 6) is 1.84. The maximum absolute atomic E-state index is 5.86. The predicted molar refractivity (Wildman–Crippen MR) is 79.0 cm³/mol. The number of nitrogens with zero attached hydrogens (tertiary/aromatic N) is 3. The van der Waals surface area contributed by atoms with E-state index in [-0.39, 0.29) is 0 Å². The first-order chi connectivity index (χ1) is 9.83. The summed E-state index contributed by atoms with van der Waals surface area (Å²) in [6.07, 6.45) is 1.01. The fraction of sp³-hybridized carbons (Fsp3) is 0.125. The Labute approximate surface area is 116 Å². The topological polar surface area (TPSA) is 56.7 Å². The highest BCUT2D eigenvalue weighted by molar-refractivity contribution is 5.68. The van der Waals surface area contributed by atoms with Gasteiger partial charge in [-0.25, -0.2) is 0 Å². The molecule has 4 rings (SSSR count). The molecule has 3 aromatic rings. The summed E-state index contributed by atoms with van der Waals surface area (Å²) >= 11 is 0. The van der Waals surface area contributed by atoms with Crippen molar-refractivity contribution in [3.8, 4) is 22.8 Å². The molecule has 1 aromatic heterocycles. The van der Waals surface area contributed by atoms with Crippen molar-refractivity contribution in [2.75, 3.05) is 5.73 Å². The first kappa shape index (κ1) is 11.2. The van der Waals surface area contributed by atoms with Gasteiger partial charge in [0, 0.05) is 23.4 Å². The first-order valence-corrected chi connectivity index (χ1v) is 6.70. The molecule has 0 fully saturated rings. The number of fused-ring (bicyclic) bond motifs is 3. The van der Waals surface area contributed by atoms with Crippen molar-refractivity contribution in [1.29, 1.82) is 0 Å². The monoisotopic (exact) mass is 262 g/mol. The molecule has 0 spiro atoms. The number of nitrogens with two attached hydrogens (primary N) is 1. The number of rotatable bonds is 1. The average molecular weight is 262 g/mol. The fourth-order valence-corrected chi connectivity index (χ4v) is 2.79. The normalized spacial score (nSPS) is 12.8. The predicted octanol–water partition coefficient (Wildman–Crippen LogP) is 2.75. The Bertz CT molecular complexity index is 789. The fourth-order valence-electron chi connectivity index (χ4n) is 2.79. The summed E-state index contributed by atoms with van der Waals surface area (Å²) in [6.45, 7) is 0.906. The van der Waals surface area contributed by atoms with Gasteiger partial charge in [-0.15, -0.1) is 10.2 Å². The molecule has 0 bridgehead atoms. The molecule has 0 radical (unpaired) electrons. The Hall–Kier alpha value is -2.62. The molecule has 4 heteroatoms. The third-order valence-electron chi connectivity index (χ3n) is 3.76. The third kappa shape index (κ3) is 1.61. The van der Waals surface area contributed by atoms with Gasteiger partial charge in [0.25, 0.3) is 0 Å². The van der Waals surface area contributed by atoms with Gasteiger partial charge in [0.2, 0.25) is 0 Å². The van der Waals surface area contributed by atoms with Crippen molar-refractivity contribution in [2.45, 2.75) is 13.0 Å². The van der Waals surface area contributed by atoms with Gasteiger partial charge in [0.1, 0.15) is 0 Å². The van der Waals surface area contributed by atoms with Crippen LogP contribution in [0.25, 0.3) is 22.8 Å². The van der Waals surface area contributed by atoms with E-state index in [2.05, 4.69) is 33.0 Å². The quantitative estimate of drug-likeness (QED) is 0.686.